The van der Waals surface area contributed by atoms with Gasteiger partial charge in [-0.05, 0) is 51.6 Å². The highest BCUT2D eigenvalue weighted by atomic mass is 16.5. The molecule has 1 aromatic carbocycles. The van der Waals surface area contributed by atoms with Gasteiger partial charge in [-0.2, -0.15) is 0 Å². The van der Waals surface area contributed by atoms with E-state index in [0.29, 0.717) is 13.0 Å². The first-order valence-corrected chi connectivity index (χ1v) is 6.81. The monoisotopic (exact) mass is 262 g/mol. The second kappa shape index (κ2) is 5.61. The molecule has 104 valence electrons. The molecule has 1 heterocycles. The lowest BCUT2D eigenvalue weighted by molar-refractivity contribution is -0.117. The summed E-state index contributed by atoms with van der Waals surface area (Å²) in [6, 6.07) is 7.85. The topological polar surface area (TPSA) is 55.6 Å². The third kappa shape index (κ3) is 2.89. The smallest absolute Gasteiger partial charge is 0.227 e. The van der Waals surface area contributed by atoms with Crippen molar-refractivity contribution in [3.05, 3.63) is 24.3 Å². The summed E-state index contributed by atoms with van der Waals surface area (Å²) in [5.74, 6) is 1.23. The summed E-state index contributed by atoms with van der Waals surface area (Å²) in [6.07, 6.45) is 0.696. The van der Waals surface area contributed by atoms with Crippen molar-refractivity contribution in [1.82, 2.24) is 0 Å². The van der Waals surface area contributed by atoms with Crippen LogP contribution in [0.25, 0.3) is 0 Å². The Balaban J connectivity index is 2.16. The van der Waals surface area contributed by atoms with E-state index >= 15 is 0 Å². The molecule has 1 aromatic rings. The lowest BCUT2D eigenvalue weighted by Gasteiger charge is -2.24. The Morgan fingerprint density at radius 3 is 2.47 bits per heavy atom. The van der Waals surface area contributed by atoms with Gasteiger partial charge in [0.15, 0.2) is 0 Å². The quantitative estimate of drug-likeness (QED) is 0.904. The molecule has 1 saturated heterocycles. The minimum Gasteiger partial charge on any atom is -0.491 e. The molecular formula is C15H22N2O2. The number of hydrogen-bond acceptors (Lipinski definition) is 3. The summed E-state index contributed by atoms with van der Waals surface area (Å²) >= 11 is 0. The van der Waals surface area contributed by atoms with Crippen molar-refractivity contribution in [2.24, 2.45) is 11.7 Å². The summed E-state index contributed by atoms with van der Waals surface area (Å²) < 4.78 is 5.60. The number of anilines is 1. The van der Waals surface area contributed by atoms with Crippen molar-refractivity contribution in [2.45, 2.75) is 39.3 Å². The summed E-state index contributed by atoms with van der Waals surface area (Å²) in [5, 5.41) is 0. The summed E-state index contributed by atoms with van der Waals surface area (Å²) in [5.41, 5.74) is 6.63. The standard InChI is InChI=1S/C15H22N2O2/c1-10(2)19-14-6-4-13(5-7-14)17-11(3)12(9-16)8-15(17)18/h4-7,10-12H,8-9,16H2,1-3H3. The minimum absolute atomic E-state index is 0.153. The van der Waals surface area contributed by atoms with Crippen molar-refractivity contribution in [1.29, 1.82) is 0 Å². The van der Waals surface area contributed by atoms with E-state index < -0.39 is 0 Å². The number of carbonyl (C=O) groups is 1. The average Bonchev–Trinajstić information content (AvgIpc) is 2.65. The van der Waals surface area contributed by atoms with Crippen LogP contribution >= 0.6 is 0 Å². The van der Waals surface area contributed by atoms with Crippen molar-refractivity contribution in [3.8, 4) is 5.75 Å². The van der Waals surface area contributed by atoms with Gasteiger partial charge in [-0.25, -0.2) is 0 Å². The fourth-order valence-corrected chi connectivity index (χ4v) is 2.55. The maximum absolute atomic E-state index is 12.1. The van der Waals surface area contributed by atoms with Gasteiger partial charge in [0.1, 0.15) is 5.75 Å². The number of amides is 1. The predicted molar refractivity (Wildman–Crippen MR) is 76.3 cm³/mol. The van der Waals surface area contributed by atoms with E-state index in [0.717, 1.165) is 11.4 Å². The number of nitrogens with two attached hydrogens (primary N) is 1. The minimum atomic E-state index is 0.153. The normalized spacial score (nSPS) is 23.2. The third-order valence-corrected chi connectivity index (χ3v) is 3.58. The van der Waals surface area contributed by atoms with Gasteiger partial charge < -0.3 is 15.4 Å². The van der Waals surface area contributed by atoms with Gasteiger partial charge in [0.25, 0.3) is 0 Å². The fourth-order valence-electron chi connectivity index (χ4n) is 2.55. The largest absolute Gasteiger partial charge is 0.491 e. The first kappa shape index (κ1) is 13.9. The molecule has 1 aliphatic rings. The number of hydrogen-bond donors (Lipinski definition) is 1. The van der Waals surface area contributed by atoms with Gasteiger partial charge in [-0.1, -0.05) is 0 Å². The zero-order valence-electron chi connectivity index (χ0n) is 11.8. The number of rotatable bonds is 4. The van der Waals surface area contributed by atoms with Crippen LogP contribution < -0.4 is 15.4 Å². The molecular weight excluding hydrogens is 240 g/mol. The molecule has 4 heteroatoms. The van der Waals surface area contributed by atoms with Gasteiger partial charge in [0.2, 0.25) is 5.91 Å². The zero-order chi connectivity index (χ0) is 14.0. The number of ether oxygens (including phenoxy) is 1. The molecule has 1 aliphatic heterocycles. The Kier molecular flexibility index (Phi) is 4.10. The zero-order valence-corrected chi connectivity index (χ0v) is 11.8. The Labute approximate surface area is 114 Å². The molecule has 2 unspecified atom stereocenters. The molecule has 0 radical (unpaired) electrons. The highest BCUT2D eigenvalue weighted by molar-refractivity contribution is 5.96. The molecule has 2 rings (SSSR count). The van der Waals surface area contributed by atoms with Crippen LogP contribution in [0, 0.1) is 5.92 Å². The number of benzene rings is 1. The van der Waals surface area contributed by atoms with Gasteiger partial charge in [-0.3, -0.25) is 4.79 Å². The molecule has 1 fully saturated rings. The molecule has 2 N–H and O–H groups in total. The Morgan fingerprint density at radius 1 is 1.37 bits per heavy atom. The van der Waals surface area contributed by atoms with Crippen molar-refractivity contribution < 1.29 is 9.53 Å². The maximum Gasteiger partial charge on any atom is 0.227 e. The van der Waals surface area contributed by atoms with Gasteiger partial charge in [0.05, 0.1) is 6.10 Å². The second-order valence-electron chi connectivity index (χ2n) is 5.36. The number of nitrogens with zero attached hydrogens (tertiary/aromatic N) is 1. The van der Waals surface area contributed by atoms with Crippen molar-refractivity contribution >= 4 is 11.6 Å². The van der Waals surface area contributed by atoms with Crippen LogP contribution in [0.5, 0.6) is 5.75 Å². The first-order chi connectivity index (χ1) is 9.02. The lowest BCUT2D eigenvalue weighted by atomic mass is 10.0. The van der Waals surface area contributed by atoms with Gasteiger partial charge >= 0.3 is 0 Å². The van der Waals surface area contributed by atoms with E-state index in [9.17, 15) is 4.79 Å². The molecule has 0 aromatic heterocycles. The van der Waals surface area contributed by atoms with E-state index in [1.54, 1.807) is 0 Å². The SMILES string of the molecule is CC(C)Oc1ccc(N2C(=O)CC(CN)C2C)cc1. The maximum atomic E-state index is 12.1. The van der Waals surface area contributed by atoms with Crippen molar-refractivity contribution in [2.75, 3.05) is 11.4 Å². The van der Waals surface area contributed by atoms with Crippen LogP contribution in [0.1, 0.15) is 27.2 Å². The van der Waals surface area contributed by atoms with E-state index in [2.05, 4.69) is 6.92 Å². The third-order valence-electron chi connectivity index (χ3n) is 3.58. The van der Waals surface area contributed by atoms with Gasteiger partial charge in [0, 0.05) is 24.1 Å². The predicted octanol–water partition coefficient (Wildman–Crippen LogP) is 2.17. The summed E-state index contributed by atoms with van der Waals surface area (Å²) in [4.78, 5) is 13.9. The highest BCUT2D eigenvalue weighted by Gasteiger charge is 2.36. The fraction of sp³-hybridized carbons (Fsp3) is 0.533. The molecule has 1 amide bonds. The molecule has 0 aliphatic carbocycles. The van der Waals surface area contributed by atoms with E-state index in [1.165, 1.54) is 0 Å². The highest BCUT2D eigenvalue weighted by Crippen LogP contribution is 2.31. The molecule has 0 bridgehead atoms. The first-order valence-electron chi connectivity index (χ1n) is 6.81. The molecule has 0 saturated carbocycles. The molecule has 0 spiro atoms. The summed E-state index contributed by atoms with van der Waals surface area (Å²) in [7, 11) is 0. The Hall–Kier alpha value is -1.55. The van der Waals surface area contributed by atoms with Crippen LogP contribution in [0.15, 0.2) is 24.3 Å². The average molecular weight is 262 g/mol. The van der Waals surface area contributed by atoms with Crippen molar-refractivity contribution in [3.63, 3.8) is 0 Å². The van der Waals surface area contributed by atoms with Crippen LogP contribution in [0.2, 0.25) is 0 Å². The lowest BCUT2D eigenvalue weighted by Crippen LogP contribution is -2.34. The van der Waals surface area contributed by atoms with E-state index in [1.807, 2.05) is 43.0 Å². The Bertz CT molecular complexity index is 442. The Morgan fingerprint density at radius 2 is 2.00 bits per heavy atom. The summed E-state index contributed by atoms with van der Waals surface area (Å²) in [6.45, 7) is 6.59. The van der Waals surface area contributed by atoms with E-state index in [-0.39, 0.29) is 24.0 Å². The number of carbonyl (C=O) groups excluding carboxylic acids is 1. The van der Waals surface area contributed by atoms with Crippen LogP contribution in [-0.4, -0.2) is 24.6 Å². The van der Waals surface area contributed by atoms with Gasteiger partial charge in [-0.15, -0.1) is 0 Å². The second-order valence-corrected chi connectivity index (χ2v) is 5.36. The van der Waals surface area contributed by atoms with E-state index in [4.69, 9.17) is 10.5 Å². The van der Waals surface area contributed by atoms with Crippen LogP contribution in [0.3, 0.4) is 0 Å². The molecule has 19 heavy (non-hydrogen) atoms. The van der Waals surface area contributed by atoms with Crippen LogP contribution in [-0.2, 0) is 4.79 Å². The van der Waals surface area contributed by atoms with Crippen LogP contribution in [0.4, 0.5) is 5.69 Å². The molecule has 4 nitrogen and oxygen atoms in total. The molecule has 2 atom stereocenters.